The van der Waals surface area contributed by atoms with Crippen molar-refractivity contribution in [3.8, 4) is 0 Å². The highest BCUT2D eigenvalue weighted by Gasteiger charge is 2.54. The second kappa shape index (κ2) is 4.31. The average Bonchev–Trinajstić information content (AvgIpc) is 2.85. The van der Waals surface area contributed by atoms with Crippen LogP contribution >= 0.6 is 0 Å². The molecule has 21 heavy (non-hydrogen) atoms. The molecule has 0 aromatic carbocycles. The molecule has 4 fully saturated rings. The molecule has 2 N–H and O–H groups in total. The Morgan fingerprint density at radius 3 is 2.10 bits per heavy atom. The number of hydrogen-bond donors (Lipinski definition) is 1. The van der Waals surface area contributed by atoms with Crippen molar-refractivity contribution < 1.29 is 4.52 Å². The molecule has 116 valence electrons. The van der Waals surface area contributed by atoms with E-state index in [0.717, 1.165) is 23.6 Å². The van der Waals surface area contributed by atoms with Gasteiger partial charge in [-0.25, -0.2) is 0 Å². The summed E-state index contributed by atoms with van der Waals surface area (Å²) in [6.45, 7) is 6.35. The highest BCUT2D eigenvalue weighted by Crippen LogP contribution is 2.60. The fourth-order valence-corrected chi connectivity index (χ4v) is 5.33. The minimum atomic E-state index is -0.187. The molecule has 1 aromatic rings. The van der Waals surface area contributed by atoms with Crippen molar-refractivity contribution in [3.63, 3.8) is 0 Å². The maximum atomic E-state index is 6.28. The molecular weight excluding hydrogens is 262 g/mol. The van der Waals surface area contributed by atoms with Gasteiger partial charge in [0.15, 0.2) is 5.82 Å². The van der Waals surface area contributed by atoms with Gasteiger partial charge in [-0.15, -0.1) is 0 Å². The van der Waals surface area contributed by atoms with Crippen LogP contribution in [0.1, 0.15) is 77.1 Å². The van der Waals surface area contributed by atoms with Crippen LogP contribution in [0.2, 0.25) is 0 Å². The standard InChI is InChI=1S/C17H27N3O/c1-16(2,3)13(18)14-19-15(20-21-14)17-7-10-4-11(8-17)6-12(5-10)9-17/h10-13H,4-9,18H2,1-3H3/t10?,11?,12?,13-,17?/m1/s1. The number of rotatable bonds is 2. The van der Waals surface area contributed by atoms with Crippen LogP contribution in [0.15, 0.2) is 4.52 Å². The molecule has 0 aliphatic heterocycles. The van der Waals surface area contributed by atoms with Gasteiger partial charge < -0.3 is 10.3 Å². The van der Waals surface area contributed by atoms with E-state index < -0.39 is 0 Å². The second-order valence-corrected chi connectivity index (χ2v) is 9.00. The van der Waals surface area contributed by atoms with Crippen molar-refractivity contribution in [1.82, 2.24) is 10.1 Å². The molecule has 0 amide bonds. The fraction of sp³-hybridized carbons (Fsp3) is 0.882. The predicted molar refractivity (Wildman–Crippen MR) is 80.5 cm³/mol. The summed E-state index contributed by atoms with van der Waals surface area (Å²) in [6, 6.07) is -0.187. The molecule has 4 bridgehead atoms. The SMILES string of the molecule is CC(C)(C)[C@H](N)c1nc(C23CC4CC(CC(C4)C2)C3)no1. The molecule has 1 aromatic heterocycles. The molecule has 4 aliphatic rings. The predicted octanol–water partition coefficient (Wildman–Crippen LogP) is 3.58. The Balaban J connectivity index is 1.64. The lowest BCUT2D eigenvalue weighted by Gasteiger charge is -2.55. The molecule has 1 heterocycles. The average molecular weight is 289 g/mol. The van der Waals surface area contributed by atoms with E-state index >= 15 is 0 Å². The van der Waals surface area contributed by atoms with Crippen molar-refractivity contribution in [1.29, 1.82) is 0 Å². The lowest BCUT2D eigenvalue weighted by Crippen LogP contribution is -2.49. The summed E-state index contributed by atoms with van der Waals surface area (Å²) < 4.78 is 5.56. The maximum Gasteiger partial charge on any atom is 0.244 e. The number of nitrogens with zero attached hydrogens (tertiary/aromatic N) is 2. The van der Waals surface area contributed by atoms with Crippen LogP contribution < -0.4 is 5.73 Å². The zero-order valence-corrected chi connectivity index (χ0v) is 13.4. The monoisotopic (exact) mass is 289 g/mol. The number of nitrogens with two attached hydrogens (primary N) is 1. The lowest BCUT2D eigenvalue weighted by atomic mass is 9.49. The van der Waals surface area contributed by atoms with Gasteiger partial charge in [0.25, 0.3) is 0 Å². The highest BCUT2D eigenvalue weighted by atomic mass is 16.5. The molecule has 4 nitrogen and oxygen atoms in total. The van der Waals surface area contributed by atoms with Crippen LogP contribution in [0.5, 0.6) is 0 Å². The Kier molecular flexibility index (Phi) is 2.82. The summed E-state index contributed by atoms with van der Waals surface area (Å²) in [5.74, 6) is 4.27. The molecule has 4 aliphatic carbocycles. The van der Waals surface area contributed by atoms with Crippen LogP contribution in [-0.2, 0) is 5.41 Å². The van der Waals surface area contributed by atoms with Crippen LogP contribution in [0.25, 0.3) is 0 Å². The molecule has 1 atom stereocenters. The third-order valence-corrected chi connectivity index (χ3v) is 6.15. The molecule has 0 radical (unpaired) electrons. The van der Waals surface area contributed by atoms with Crippen molar-refractivity contribution in [2.75, 3.05) is 0 Å². The van der Waals surface area contributed by atoms with Gasteiger partial charge in [0.05, 0.1) is 6.04 Å². The normalized spacial score (nSPS) is 39.7. The molecule has 5 rings (SSSR count). The van der Waals surface area contributed by atoms with E-state index in [1.165, 1.54) is 38.5 Å². The highest BCUT2D eigenvalue weighted by molar-refractivity contribution is 5.17. The van der Waals surface area contributed by atoms with E-state index in [1.807, 2.05) is 0 Å². The molecule has 0 spiro atoms. The zero-order chi connectivity index (χ0) is 14.8. The van der Waals surface area contributed by atoms with Crippen molar-refractivity contribution in [2.45, 2.75) is 70.8 Å². The first-order chi connectivity index (χ1) is 9.86. The summed E-state index contributed by atoms with van der Waals surface area (Å²) in [7, 11) is 0. The first kappa shape index (κ1) is 13.7. The minimum Gasteiger partial charge on any atom is -0.338 e. The van der Waals surface area contributed by atoms with Gasteiger partial charge in [-0.1, -0.05) is 25.9 Å². The first-order valence-corrected chi connectivity index (χ1v) is 8.45. The van der Waals surface area contributed by atoms with Crippen molar-refractivity contribution >= 4 is 0 Å². The van der Waals surface area contributed by atoms with Crippen LogP contribution in [-0.4, -0.2) is 10.1 Å². The van der Waals surface area contributed by atoms with Gasteiger partial charge in [-0.05, 0) is 61.7 Å². The summed E-state index contributed by atoms with van der Waals surface area (Å²) >= 11 is 0. The Morgan fingerprint density at radius 1 is 1.10 bits per heavy atom. The van der Waals surface area contributed by atoms with Gasteiger partial charge in [-0.2, -0.15) is 4.98 Å². The van der Waals surface area contributed by atoms with Crippen molar-refractivity contribution in [2.24, 2.45) is 28.9 Å². The Bertz CT molecular complexity index is 507. The van der Waals surface area contributed by atoms with E-state index in [1.54, 1.807) is 0 Å². The molecular formula is C17H27N3O. The van der Waals surface area contributed by atoms with E-state index in [4.69, 9.17) is 15.2 Å². The van der Waals surface area contributed by atoms with Gasteiger partial charge in [-0.3, -0.25) is 0 Å². The smallest absolute Gasteiger partial charge is 0.244 e. The van der Waals surface area contributed by atoms with Gasteiger partial charge in [0.1, 0.15) is 0 Å². The molecule has 4 heteroatoms. The summed E-state index contributed by atoms with van der Waals surface area (Å²) in [5, 5.41) is 4.37. The maximum absolute atomic E-state index is 6.28. The summed E-state index contributed by atoms with van der Waals surface area (Å²) in [6.07, 6.45) is 8.11. The van der Waals surface area contributed by atoms with Gasteiger partial charge in [0, 0.05) is 5.41 Å². The van der Waals surface area contributed by atoms with Crippen LogP contribution in [0.4, 0.5) is 0 Å². The molecule has 4 saturated carbocycles. The van der Waals surface area contributed by atoms with Crippen LogP contribution in [0.3, 0.4) is 0 Å². The lowest BCUT2D eigenvalue weighted by molar-refractivity contribution is -0.0103. The quantitative estimate of drug-likeness (QED) is 0.903. The van der Waals surface area contributed by atoms with Crippen molar-refractivity contribution in [3.05, 3.63) is 11.7 Å². The Hall–Kier alpha value is -0.900. The van der Waals surface area contributed by atoms with Gasteiger partial charge in [0.2, 0.25) is 5.89 Å². The van der Waals surface area contributed by atoms with E-state index in [0.29, 0.717) is 5.89 Å². The largest absolute Gasteiger partial charge is 0.338 e. The Labute approximate surface area is 126 Å². The first-order valence-electron chi connectivity index (χ1n) is 8.45. The van der Waals surface area contributed by atoms with Crippen LogP contribution in [0, 0.1) is 23.2 Å². The van der Waals surface area contributed by atoms with E-state index in [9.17, 15) is 0 Å². The minimum absolute atomic E-state index is 0.0503. The topological polar surface area (TPSA) is 64.9 Å². The number of hydrogen-bond acceptors (Lipinski definition) is 4. The third kappa shape index (κ3) is 2.14. The zero-order valence-electron chi connectivity index (χ0n) is 13.4. The van der Waals surface area contributed by atoms with Gasteiger partial charge >= 0.3 is 0 Å². The summed E-state index contributed by atoms with van der Waals surface area (Å²) in [4.78, 5) is 4.76. The number of aromatic nitrogens is 2. The Morgan fingerprint density at radius 2 is 1.62 bits per heavy atom. The third-order valence-electron chi connectivity index (χ3n) is 6.15. The fourth-order valence-electron chi connectivity index (χ4n) is 5.33. The second-order valence-electron chi connectivity index (χ2n) is 9.00. The van der Waals surface area contributed by atoms with E-state index in [2.05, 4.69) is 25.9 Å². The summed E-state index contributed by atoms with van der Waals surface area (Å²) in [5.41, 5.74) is 6.43. The van der Waals surface area contributed by atoms with E-state index in [-0.39, 0.29) is 16.9 Å². The molecule has 0 unspecified atom stereocenters. The molecule has 0 saturated heterocycles.